The van der Waals surface area contributed by atoms with Gasteiger partial charge in [-0.3, -0.25) is 4.79 Å². The third kappa shape index (κ3) is 4.91. The van der Waals surface area contributed by atoms with Gasteiger partial charge in [0, 0.05) is 11.7 Å². The second kappa shape index (κ2) is 8.31. The van der Waals surface area contributed by atoms with Gasteiger partial charge in [0.15, 0.2) is 0 Å². The van der Waals surface area contributed by atoms with Crippen molar-refractivity contribution in [3.63, 3.8) is 0 Å². The van der Waals surface area contributed by atoms with Crippen LogP contribution in [0.3, 0.4) is 0 Å². The molecule has 0 radical (unpaired) electrons. The molecular weight excluding hydrogens is 389 g/mol. The quantitative estimate of drug-likeness (QED) is 0.578. The van der Waals surface area contributed by atoms with Gasteiger partial charge >= 0.3 is 18.0 Å². The highest BCUT2D eigenvalue weighted by Gasteiger charge is 2.30. The van der Waals surface area contributed by atoms with Gasteiger partial charge in [-0.2, -0.15) is 13.2 Å². The molecule has 0 aliphatic heterocycles. The smallest absolute Gasteiger partial charge is 0.412 e. The van der Waals surface area contributed by atoms with Crippen LogP contribution in [0.2, 0.25) is 0 Å². The molecule has 3 N–H and O–H groups in total. The Morgan fingerprint density at radius 3 is 2.48 bits per heavy atom. The van der Waals surface area contributed by atoms with Crippen LogP contribution in [-0.2, 0) is 6.18 Å². The van der Waals surface area contributed by atoms with E-state index < -0.39 is 23.7 Å². The molecule has 0 saturated heterocycles. The van der Waals surface area contributed by atoms with Crippen LogP contribution < -0.4 is 10.6 Å². The van der Waals surface area contributed by atoms with Crippen molar-refractivity contribution in [1.82, 2.24) is 15.5 Å². The van der Waals surface area contributed by atoms with Crippen molar-refractivity contribution in [2.75, 3.05) is 11.9 Å². The lowest BCUT2D eigenvalue weighted by atomic mass is 10.1. The van der Waals surface area contributed by atoms with Crippen LogP contribution >= 0.6 is 0 Å². The molecular formula is C19H17F3N4O3. The van der Waals surface area contributed by atoms with E-state index in [9.17, 15) is 18.0 Å². The summed E-state index contributed by atoms with van der Waals surface area (Å²) in [5, 5.41) is 22.1. The predicted molar refractivity (Wildman–Crippen MR) is 98.5 cm³/mol. The fraction of sp³-hybridized carbons (Fsp3) is 0.211. The maximum Gasteiger partial charge on any atom is 0.416 e. The van der Waals surface area contributed by atoms with Gasteiger partial charge in [-0.25, -0.2) is 0 Å². The number of hydrogen-bond acceptors (Lipinski definition) is 6. The fourth-order valence-corrected chi connectivity index (χ4v) is 2.43. The number of alkyl halides is 3. The number of aliphatic hydroxyl groups is 1. The molecule has 3 rings (SSSR count). The predicted octanol–water partition coefficient (Wildman–Crippen LogP) is 3.61. The van der Waals surface area contributed by atoms with Gasteiger partial charge in [-0.1, -0.05) is 12.1 Å². The molecule has 0 aliphatic carbocycles. The molecule has 0 bridgehead atoms. The summed E-state index contributed by atoms with van der Waals surface area (Å²) in [7, 11) is 0. The Kier molecular flexibility index (Phi) is 5.83. The molecule has 2 aromatic carbocycles. The van der Waals surface area contributed by atoms with E-state index in [-0.39, 0.29) is 18.4 Å². The molecule has 1 heterocycles. The second-order valence-corrected chi connectivity index (χ2v) is 6.22. The third-order valence-corrected chi connectivity index (χ3v) is 3.92. The zero-order valence-corrected chi connectivity index (χ0v) is 15.2. The van der Waals surface area contributed by atoms with Crippen LogP contribution in [0.4, 0.5) is 24.5 Å². The normalized spacial score (nSPS) is 12.4. The minimum atomic E-state index is -4.41. The maximum atomic E-state index is 12.7. The van der Waals surface area contributed by atoms with Crippen LogP contribution in [0.5, 0.6) is 0 Å². The van der Waals surface area contributed by atoms with Gasteiger partial charge in [0.1, 0.15) is 0 Å². The molecule has 1 atom stereocenters. The van der Waals surface area contributed by atoms with E-state index in [0.717, 1.165) is 12.1 Å². The number of para-hydroxylation sites is 1. The van der Waals surface area contributed by atoms with Gasteiger partial charge < -0.3 is 20.2 Å². The molecule has 3 aromatic rings. The van der Waals surface area contributed by atoms with Crippen LogP contribution in [0.1, 0.15) is 23.2 Å². The Labute approximate surface area is 163 Å². The van der Waals surface area contributed by atoms with Crippen molar-refractivity contribution >= 4 is 17.3 Å². The molecule has 0 fully saturated rings. The Morgan fingerprint density at radius 1 is 1.14 bits per heavy atom. The molecule has 29 heavy (non-hydrogen) atoms. The maximum absolute atomic E-state index is 12.7. The zero-order valence-electron chi connectivity index (χ0n) is 15.2. The first-order valence-corrected chi connectivity index (χ1v) is 8.57. The Balaban J connectivity index is 1.82. The summed E-state index contributed by atoms with van der Waals surface area (Å²) in [6, 6.07) is 10.9. The number of halogens is 3. The number of hydrogen-bond donors (Lipinski definition) is 3. The summed E-state index contributed by atoms with van der Waals surface area (Å²) in [5.41, 5.74) is 0.654. The van der Waals surface area contributed by atoms with Gasteiger partial charge in [0.2, 0.25) is 5.89 Å². The monoisotopic (exact) mass is 406 g/mol. The molecule has 0 aliphatic rings. The summed E-state index contributed by atoms with van der Waals surface area (Å²) in [5.74, 6) is -0.843. The number of nitrogens with one attached hydrogen (secondary N) is 2. The van der Waals surface area contributed by atoms with Crippen molar-refractivity contribution in [2.24, 2.45) is 0 Å². The van der Waals surface area contributed by atoms with Crippen molar-refractivity contribution < 1.29 is 27.5 Å². The highest BCUT2D eigenvalue weighted by molar-refractivity contribution is 5.90. The number of anilines is 2. The summed E-state index contributed by atoms with van der Waals surface area (Å²) >= 11 is 0. The van der Waals surface area contributed by atoms with Crippen molar-refractivity contribution in [3.8, 4) is 11.5 Å². The van der Waals surface area contributed by atoms with E-state index in [1.165, 1.54) is 12.1 Å². The first-order valence-electron chi connectivity index (χ1n) is 8.57. The largest absolute Gasteiger partial charge is 0.416 e. The number of carbonyl (C=O) groups is 1. The molecule has 1 amide bonds. The van der Waals surface area contributed by atoms with Gasteiger partial charge in [0.25, 0.3) is 0 Å². The van der Waals surface area contributed by atoms with E-state index in [1.54, 1.807) is 31.2 Å². The number of nitrogens with zero attached hydrogens (tertiary/aromatic N) is 2. The summed E-state index contributed by atoms with van der Waals surface area (Å²) in [6.45, 7) is 1.37. The number of aromatic nitrogens is 2. The highest BCUT2D eigenvalue weighted by atomic mass is 19.4. The van der Waals surface area contributed by atoms with E-state index in [1.807, 2.05) is 0 Å². The third-order valence-electron chi connectivity index (χ3n) is 3.92. The van der Waals surface area contributed by atoms with E-state index in [0.29, 0.717) is 16.9 Å². The van der Waals surface area contributed by atoms with E-state index in [2.05, 4.69) is 20.8 Å². The van der Waals surface area contributed by atoms with Crippen LogP contribution in [0.25, 0.3) is 11.5 Å². The Morgan fingerprint density at radius 2 is 1.83 bits per heavy atom. The molecule has 1 aromatic heterocycles. The lowest BCUT2D eigenvalue weighted by Gasteiger charge is -2.11. The van der Waals surface area contributed by atoms with Crippen molar-refractivity contribution in [3.05, 3.63) is 60.0 Å². The van der Waals surface area contributed by atoms with E-state index in [4.69, 9.17) is 9.52 Å². The number of rotatable bonds is 6. The average Bonchev–Trinajstić information content (AvgIpc) is 3.18. The molecule has 1 unspecified atom stereocenters. The molecule has 152 valence electrons. The van der Waals surface area contributed by atoms with Gasteiger partial charge in [-0.05, 0) is 43.3 Å². The number of benzene rings is 2. The number of carbonyl (C=O) groups excluding carboxylic acids is 1. The second-order valence-electron chi connectivity index (χ2n) is 6.22. The average molecular weight is 406 g/mol. The van der Waals surface area contributed by atoms with Crippen LogP contribution in [0.15, 0.2) is 52.9 Å². The first-order chi connectivity index (χ1) is 13.8. The SMILES string of the molecule is CC(CO)NC(=O)c1nnc(-c2ccccc2Nc2ccc(C(F)(F)F)cc2)o1. The summed E-state index contributed by atoms with van der Waals surface area (Å²) < 4.78 is 43.5. The van der Waals surface area contributed by atoms with E-state index >= 15 is 0 Å². The van der Waals surface area contributed by atoms with Crippen LogP contribution in [0, 0.1) is 0 Å². The zero-order chi connectivity index (χ0) is 21.0. The molecule has 0 spiro atoms. The minimum Gasteiger partial charge on any atom is -0.412 e. The highest BCUT2D eigenvalue weighted by Crippen LogP contribution is 2.32. The fourth-order valence-electron chi connectivity index (χ4n) is 2.43. The summed E-state index contributed by atoms with van der Waals surface area (Å²) in [6.07, 6.45) is -4.41. The lowest BCUT2D eigenvalue weighted by Crippen LogP contribution is -2.35. The van der Waals surface area contributed by atoms with Gasteiger partial charge in [0.05, 0.1) is 23.4 Å². The molecule has 0 saturated carbocycles. The summed E-state index contributed by atoms with van der Waals surface area (Å²) in [4.78, 5) is 12.0. The van der Waals surface area contributed by atoms with Gasteiger partial charge in [-0.15, -0.1) is 10.2 Å². The minimum absolute atomic E-state index is 0.0572. The topological polar surface area (TPSA) is 100 Å². The standard InChI is InChI=1S/C19H17F3N4O3/c1-11(10-27)23-16(28)18-26-25-17(29-18)14-4-2-3-5-15(14)24-13-8-6-12(7-9-13)19(20,21)22/h2-9,11,24,27H,10H2,1H3,(H,23,28). The van der Waals surface area contributed by atoms with Crippen LogP contribution in [-0.4, -0.2) is 33.9 Å². The Hall–Kier alpha value is -3.40. The van der Waals surface area contributed by atoms with Crippen molar-refractivity contribution in [2.45, 2.75) is 19.1 Å². The lowest BCUT2D eigenvalue weighted by molar-refractivity contribution is -0.137. The number of aliphatic hydroxyl groups excluding tert-OH is 1. The van der Waals surface area contributed by atoms with Crippen molar-refractivity contribution in [1.29, 1.82) is 0 Å². The Bertz CT molecular complexity index is 987. The first kappa shape index (κ1) is 20.3. The molecule has 10 heteroatoms. The molecule has 7 nitrogen and oxygen atoms in total. The number of amides is 1.